The molecule has 38 heavy (non-hydrogen) atoms. The number of carbonyl (C=O) groups is 3. The van der Waals surface area contributed by atoms with E-state index in [1.54, 1.807) is 0 Å². The maximum atomic E-state index is 12.7. The minimum Gasteiger partial charge on any atom is -0.363 e. The lowest BCUT2D eigenvalue weighted by atomic mass is 9.89. The fourth-order valence-electron chi connectivity index (χ4n) is 5.47. The molecule has 0 saturated carbocycles. The van der Waals surface area contributed by atoms with Gasteiger partial charge in [0.25, 0.3) is 5.91 Å². The predicted octanol–water partition coefficient (Wildman–Crippen LogP) is 10.2. The largest absolute Gasteiger partial charge is 0.363 e. The molecule has 4 nitrogen and oxygen atoms in total. The highest BCUT2D eigenvalue weighted by molar-refractivity contribution is 6.40. The number of carbonyl (C=O) groups excluding carboxylic acids is 3. The minimum absolute atomic E-state index is 0.0740. The first kappa shape index (κ1) is 36.8. The first-order valence-corrected chi connectivity index (χ1v) is 16.9. The summed E-state index contributed by atoms with van der Waals surface area (Å²) in [5.41, 5.74) is 5.25. The lowest BCUT2D eigenvalue weighted by Crippen LogP contribution is -2.34. The SMILES string of the molecule is CCCCCCCCCCCCCCCCCC(C(=O)CCCCCCCCCCCCC)C(=O)C(N)=O. The van der Waals surface area contributed by atoms with Gasteiger partial charge in [-0.2, -0.15) is 0 Å². The molecular formula is C34H65NO3. The molecule has 1 amide bonds. The Morgan fingerprint density at radius 1 is 0.447 bits per heavy atom. The van der Waals surface area contributed by atoms with Gasteiger partial charge in [0.15, 0.2) is 0 Å². The van der Waals surface area contributed by atoms with Crippen LogP contribution in [0.25, 0.3) is 0 Å². The lowest BCUT2D eigenvalue weighted by molar-refractivity contribution is -0.142. The highest BCUT2D eigenvalue weighted by Crippen LogP contribution is 2.19. The Kier molecular flexibility index (Phi) is 27.9. The van der Waals surface area contributed by atoms with E-state index in [1.165, 1.54) is 128 Å². The summed E-state index contributed by atoms with van der Waals surface area (Å²) in [4.78, 5) is 36.5. The van der Waals surface area contributed by atoms with Gasteiger partial charge in [-0.25, -0.2) is 0 Å². The second kappa shape index (κ2) is 28.8. The second-order valence-corrected chi connectivity index (χ2v) is 11.8. The molecule has 0 spiro atoms. The van der Waals surface area contributed by atoms with Crippen molar-refractivity contribution in [1.82, 2.24) is 0 Å². The van der Waals surface area contributed by atoms with Crippen LogP contribution in [-0.4, -0.2) is 17.5 Å². The van der Waals surface area contributed by atoms with Crippen LogP contribution in [0.1, 0.15) is 194 Å². The van der Waals surface area contributed by atoms with Gasteiger partial charge >= 0.3 is 0 Å². The van der Waals surface area contributed by atoms with Crippen LogP contribution in [-0.2, 0) is 14.4 Å². The molecule has 2 N–H and O–H groups in total. The summed E-state index contributed by atoms with van der Waals surface area (Å²) < 4.78 is 0. The number of primary amides is 1. The van der Waals surface area contributed by atoms with Crippen molar-refractivity contribution in [3.05, 3.63) is 0 Å². The molecule has 0 rings (SSSR count). The summed E-state index contributed by atoms with van der Waals surface area (Å²) in [5.74, 6) is -2.51. The maximum Gasteiger partial charge on any atom is 0.285 e. The molecular weight excluding hydrogens is 470 g/mol. The molecule has 0 aromatic rings. The van der Waals surface area contributed by atoms with Crippen LogP contribution in [0, 0.1) is 5.92 Å². The van der Waals surface area contributed by atoms with E-state index in [4.69, 9.17) is 5.73 Å². The molecule has 0 saturated heterocycles. The third kappa shape index (κ3) is 23.9. The predicted molar refractivity (Wildman–Crippen MR) is 163 cm³/mol. The van der Waals surface area contributed by atoms with Crippen molar-refractivity contribution in [3.63, 3.8) is 0 Å². The molecule has 0 aromatic heterocycles. The zero-order chi connectivity index (χ0) is 28.1. The van der Waals surface area contributed by atoms with Crippen molar-refractivity contribution in [1.29, 1.82) is 0 Å². The molecule has 0 aliphatic carbocycles. The summed E-state index contributed by atoms with van der Waals surface area (Å²) >= 11 is 0. The van der Waals surface area contributed by atoms with E-state index in [0.717, 1.165) is 38.5 Å². The normalized spacial score (nSPS) is 12.1. The van der Waals surface area contributed by atoms with Crippen molar-refractivity contribution < 1.29 is 14.4 Å². The molecule has 0 aromatic carbocycles. The lowest BCUT2D eigenvalue weighted by Gasteiger charge is -2.13. The van der Waals surface area contributed by atoms with E-state index in [-0.39, 0.29) is 5.78 Å². The van der Waals surface area contributed by atoms with Crippen LogP contribution in [0.5, 0.6) is 0 Å². The van der Waals surface area contributed by atoms with Crippen LogP contribution < -0.4 is 5.73 Å². The van der Waals surface area contributed by atoms with Gasteiger partial charge in [-0.05, 0) is 12.8 Å². The number of unbranched alkanes of at least 4 members (excludes halogenated alkanes) is 24. The van der Waals surface area contributed by atoms with Gasteiger partial charge in [-0.15, -0.1) is 0 Å². The van der Waals surface area contributed by atoms with E-state index in [2.05, 4.69) is 13.8 Å². The van der Waals surface area contributed by atoms with E-state index < -0.39 is 17.6 Å². The monoisotopic (exact) mass is 535 g/mol. The molecule has 1 unspecified atom stereocenters. The van der Waals surface area contributed by atoms with E-state index in [9.17, 15) is 14.4 Å². The standard InChI is InChI=1S/C34H65NO3/c1-3-5-7-9-11-13-15-16-17-18-20-21-23-25-27-29-31(33(37)34(35)38)32(36)30-28-26-24-22-19-14-12-10-8-6-4-2/h31H,3-30H2,1-2H3,(H2,35,38). The zero-order valence-electron chi connectivity index (χ0n) is 25.7. The Balaban J connectivity index is 3.81. The molecule has 0 heterocycles. The Bertz CT molecular complexity index is 560. The Hall–Kier alpha value is -1.19. The second-order valence-electron chi connectivity index (χ2n) is 11.8. The molecule has 0 aliphatic rings. The number of ketones is 2. The summed E-state index contributed by atoms with van der Waals surface area (Å²) in [6, 6.07) is 0. The number of rotatable bonds is 31. The first-order chi connectivity index (χ1) is 18.5. The third-order valence-electron chi connectivity index (χ3n) is 8.07. The number of amides is 1. The molecule has 224 valence electrons. The van der Waals surface area contributed by atoms with Crippen LogP contribution >= 0.6 is 0 Å². The fourth-order valence-corrected chi connectivity index (χ4v) is 5.47. The van der Waals surface area contributed by atoms with Gasteiger partial charge in [0.05, 0.1) is 5.92 Å². The smallest absolute Gasteiger partial charge is 0.285 e. The van der Waals surface area contributed by atoms with Crippen molar-refractivity contribution in [2.75, 3.05) is 0 Å². The number of Topliss-reactive ketones (excluding diaryl/α,β-unsaturated/α-hetero) is 2. The van der Waals surface area contributed by atoms with Crippen LogP contribution in [0.15, 0.2) is 0 Å². The van der Waals surface area contributed by atoms with E-state index in [0.29, 0.717) is 12.8 Å². The average molecular weight is 536 g/mol. The highest BCUT2D eigenvalue weighted by Gasteiger charge is 2.28. The quantitative estimate of drug-likeness (QED) is 0.0545. The van der Waals surface area contributed by atoms with Crippen LogP contribution in [0.4, 0.5) is 0 Å². The molecule has 0 radical (unpaired) electrons. The van der Waals surface area contributed by atoms with Gasteiger partial charge in [-0.1, -0.05) is 174 Å². The highest BCUT2D eigenvalue weighted by atomic mass is 16.2. The number of nitrogens with two attached hydrogens (primary N) is 1. The molecule has 4 heteroatoms. The molecule has 0 bridgehead atoms. The zero-order valence-corrected chi connectivity index (χ0v) is 25.7. The van der Waals surface area contributed by atoms with Crippen LogP contribution in [0.2, 0.25) is 0 Å². The summed E-state index contributed by atoms with van der Waals surface area (Å²) in [5, 5.41) is 0. The van der Waals surface area contributed by atoms with Gasteiger partial charge in [0.2, 0.25) is 5.78 Å². The fraction of sp³-hybridized carbons (Fsp3) is 0.912. The third-order valence-corrected chi connectivity index (χ3v) is 8.07. The minimum atomic E-state index is -0.955. The summed E-state index contributed by atoms with van der Waals surface area (Å²) in [6.45, 7) is 4.52. The topological polar surface area (TPSA) is 77.2 Å². The van der Waals surface area contributed by atoms with E-state index in [1.807, 2.05) is 0 Å². The van der Waals surface area contributed by atoms with Gasteiger partial charge in [-0.3, -0.25) is 14.4 Å². The Morgan fingerprint density at radius 2 is 0.737 bits per heavy atom. The van der Waals surface area contributed by atoms with Crippen LogP contribution in [0.3, 0.4) is 0 Å². The number of hydrogen-bond donors (Lipinski definition) is 1. The van der Waals surface area contributed by atoms with Gasteiger partial charge in [0.1, 0.15) is 5.78 Å². The van der Waals surface area contributed by atoms with Crippen molar-refractivity contribution >= 4 is 17.5 Å². The molecule has 1 atom stereocenters. The van der Waals surface area contributed by atoms with Crippen molar-refractivity contribution in [3.8, 4) is 0 Å². The maximum absolute atomic E-state index is 12.7. The van der Waals surface area contributed by atoms with Gasteiger partial charge in [0, 0.05) is 6.42 Å². The average Bonchev–Trinajstić information content (AvgIpc) is 2.91. The van der Waals surface area contributed by atoms with Crippen molar-refractivity contribution in [2.45, 2.75) is 194 Å². The first-order valence-electron chi connectivity index (χ1n) is 16.9. The Morgan fingerprint density at radius 3 is 1.05 bits per heavy atom. The number of hydrogen-bond acceptors (Lipinski definition) is 3. The summed E-state index contributed by atoms with van der Waals surface area (Å²) in [6.07, 6.45) is 33.6. The molecule has 0 aliphatic heterocycles. The molecule has 0 fully saturated rings. The van der Waals surface area contributed by atoms with Gasteiger partial charge < -0.3 is 5.73 Å². The Labute approximate surface area is 237 Å². The van der Waals surface area contributed by atoms with Crippen molar-refractivity contribution in [2.24, 2.45) is 11.7 Å². The van der Waals surface area contributed by atoms with E-state index >= 15 is 0 Å². The summed E-state index contributed by atoms with van der Waals surface area (Å²) in [7, 11) is 0.